The topological polar surface area (TPSA) is 115 Å². The highest BCUT2D eigenvalue weighted by molar-refractivity contribution is 6.01. The molecule has 0 atom stereocenters. The molecule has 0 fully saturated rings. The summed E-state index contributed by atoms with van der Waals surface area (Å²) >= 11 is 0. The molecule has 0 amide bonds. The van der Waals surface area contributed by atoms with Gasteiger partial charge in [-0.3, -0.25) is 0 Å². The normalized spacial score (nSPS) is 9.20. The van der Waals surface area contributed by atoms with Gasteiger partial charge in [0.1, 0.15) is 0 Å². The van der Waals surface area contributed by atoms with Gasteiger partial charge in [-0.25, -0.2) is 9.59 Å². The number of phenolic OH excluding ortho intramolecular Hbond substituents is 2. The fourth-order valence-corrected chi connectivity index (χ4v) is 1.32. The SMILES string of the molecule is O=C(O)c1ccccc1C(=O)O.Oc1ccccc1O. The van der Waals surface area contributed by atoms with Crippen molar-refractivity contribution in [2.45, 2.75) is 0 Å². The van der Waals surface area contributed by atoms with Crippen LogP contribution in [0.2, 0.25) is 0 Å². The Labute approximate surface area is 114 Å². The average Bonchev–Trinajstić information content (AvgIpc) is 2.43. The van der Waals surface area contributed by atoms with Crippen LogP contribution < -0.4 is 0 Å². The average molecular weight is 276 g/mol. The van der Waals surface area contributed by atoms with Crippen molar-refractivity contribution >= 4 is 11.9 Å². The van der Waals surface area contributed by atoms with Crippen molar-refractivity contribution in [3.05, 3.63) is 59.7 Å². The molecule has 0 saturated heterocycles. The molecule has 0 radical (unpaired) electrons. The van der Waals surface area contributed by atoms with Gasteiger partial charge in [0.05, 0.1) is 11.1 Å². The Balaban J connectivity index is 0.000000217. The van der Waals surface area contributed by atoms with E-state index < -0.39 is 11.9 Å². The molecular weight excluding hydrogens is 264 g/mol. The minimum absolute atomic E-state index is 0.0764. The van der Waals surface area contributed by atoms with Crippen LogP contribution in [0.1, 0.15) is 20.7 Å². The number of carbonyl (C=O) groups is 2. The molecule has 0 aliphatic carbocycles. The zero-order valence-corrected chi connectivity index (χ0v) is 10.2. The third-order valence-electron chi connectivity index (χ3n) is 2.27. The lowest BCUT2D eigenvalue weighted by Gasteiger charge is -1.98. The van der Waals surface area contributed by atoms with Crippen LogP contribution in [0.25, 0.3) is 0 Å². The Morgan fingerprint density at radius 3 is 1.20 bits per heavy atom. The van der Waals surface area contributed by atoms with E-state index in [2.05, 4.69) is 0 Å². The fraction of sp³-hybridized carbons (Fsp3) is 0. The first-order chi connectivity index (χ1) is 9.43. The number of benzene rings is 2. The first-order valence-electron chi connectivity index (χ1n) is 5.46. The maximum absolute atomic E-state index is 10.5. The number of carboxylic acids is 2. The van der Waals surface area contributed by atoms with E-state index in [-0.39, 0.29) is 22.6 Å². The van der Waals surface area contributed by atoms with Crippen molar-refractivity contribution in [2.24, 2.45) is 0 Å². The fourth-order valence-electron chi connectivity index (χ4n) is 1.32. The summed E-state index contributed by atoms with van der Waals surface area (Å²) in [5, 5.41) is 34.4. The van der Waals surface area contributed by atoms with E-state index in [1.807, 2.05) is 0 Å². The smallest absolute Gasteiger partial charge is 0.336 e. The summed E-state index contributed by atoms with van der Waals surface area (Å²) in [4.78, 5) is 20.9. The lowest BCUT2D eigenvalue weighted by atomic mass is 10.1. The first-order valence-corrected chi connectivity index (χ1v) is 5.46. The summed E-state index contributed by atoms with van der Waals surface area (Å²) < 4.78 is 0. The van der Waals surface area contributed by atoms with Crippen LogP contribution in [-0.2, 0) is 0 Å². The third kappa shape index (κ3) is 4.02. The van der Waals surface area contributed by atoms with Gasteiger partial charge in [0.15, 0.2) is 11.5 Å². The van der Waals surface area contributed by atoms with Gasteiger partial charge in [0.2, 0.25) is 0 Å². The zero-order chi connectivity index (χ0) is 15.1. The van der Waals surface area contributed by atoms with Crippen LogP contribution in [0.15, 0.2) is 48.5 Å². The number of phenols is 2. The third-order valence-corrected chi connectivity index (χ3v) is 2.27. The van der Waals surface area contributed by atoms with E-state index in [0.29, 0.717) is 0 Å². The Morgan fingerprint density at radius 1 is 0.650 bits per heavy atom. The van der Waals surface area contributed by atoms with Crippen LogP contribution in [-0.4, -0.2) is 32.4 Å². The Bertz CT molecular complexity index is 567. The summed E-state index contributed by atoms with van der Waals surface area (Å²) in [6, 6.07) is 11.6. The molecule has 6 heteroatoms. The van der Waals surface area contributed by atoms with Crippen molar-refractivity contribution in [2.75, 3.05) is 0 Å². The molecule has 0 heterocycles. The molecule has 4 N–H and O–H groups in total. The molecular formula is C14H12O6. The predicted octanol–water partition coefficient (Wildman–Crippen LogP) is 2.18. The highest BCUT2D eigenvalue weighted by atomic mass is 16.4. The van der Waals surface area contributed by atoms with E-state index in [4.69, 9.17) is 20.4 Å². The zero-order valence-electron chi connectivity index (χ0n) is 10.2. The predicted molar refractivity (Wildman–Crippen MR) is 70.1 cm³/mol. The second-order valence-corrected chi connectivity index (χ2v) is 3.64. The van der Waals surface area contributed by atoms with E-state index in [1.165, 1.54) is 36.4 Å². The number of carboxylic acid groups (broad SMARTS) is 2. The molecule has 6 nitrogen and oxygen atoms in total. The van der Waals surface area contributed by atoms with Gasteiger partial charge in [-0.2, -0.15) is 0 Å². The van der Waals surface area contributed by atoms with Gasteiger partial charge >= 0.3 is 11.9 Å². The maximum Gasteiger partial charge on any atom is 0.336 e. The molecule has 2 aromatic carbocycles. The highest BCUT2D eigenvalue weighted by Crippen LogP contribution is 2.21. The highest BCUT2D eigenvalue weighted by Gasteiger charge is 2.13. The minimum atomic E-state index is -1.23. The van der Waals surface area contributed by atoms with Gasteiger partial charge in [-0.15, -0.1) is 0 Å². The van der Waals surface area contributed by atoms with Crippen molar-refractivity contribution < 1.29 is 30.0 Å². The molecule has 0 aliphatic heterocycles. The summed E-state index contributed by atoms with van der Waals surface area (Å²) in [5.74, 6) is -2.61. The Morgan fingerprint density at radius 2 is 0.950 bits per heavy atom. The molecule has 0 bridgehead atoms. The number of aromatic hydroxyl groups is 2. The van der Waals surface area contributed by atoms with Crippen LogP contribution in [0.5, 0.6) is 11.5 Å². The number of hydrogen-bond acceptors (Lipinski definition) is 4. The van der Waals surface area contributed by atoms with E-state index in [1.54, 1.807) is 12.1 Å². The van der Waals surface area contributed by atoms with Crippen molar-refractivity contribution in [3.8, 4) is 11.5 Å². The molecule has 0 saturated carbocycles. The largest absolute Gasteiger partial charge is 0.504 e. The van der Waals surface area contributed by atoms with E-state index in [0.717, 1.165) is 0 Å². The van der Waals surface area contributed by atoms with E-state index in [9.17, 15) is 9.59 Å². The van der Waals surface area contributed by atoms with Crippen LogP contribution in [0, 0.1) is 0 Å². The van der Waals surface area contributed by atoms with E-state index >= 15 is 0 Å². The van der Waals surface area contributed by atoms with Crippen LogP contribution in [0.4, 0.5) is 0 Å². The summed E-state index contributed by atoms with van der Waals surface area (Å²) in [7, 11) is 0. The molecule has 104 valence electrons. The van der Waals surface area contributed by atoms with Gasteiger partial charge in [-0.05, 0) is 24.3 Å². The van der Waals surface area contributed by atoms with Gasteiger partial charge in [-0.1, -0.05) is 24.3 Å². The monoisotopic (exact) mass is 276 g/mol. The number of rotatable bonds is 2. The lowest BCUT2D eigenvalue weighted by molar-refractivity contribution is 0.0651. The minimum Gasteiger partial charge on any atom is -0.504 e. The molecule has 0 unspecified atom stereocenters. The summed E-state index contributed by atoms with van der Waals surface area (Å²) in [6.07, 6.45) is 0. The van der Waals surface area contributed by atoms with Crippen molar-refractivity contribution in [3.63, 3.8) is 0 Å². The Hall–Kier alpha value is -3.02. The molecule has 0 spiro atoms. The molecule has 20 heavy (non-hydrogen) atoms. The summed E-state index contributed by atoms with van der Waals surface area (Å²) in [5.41, 5.74) is -0.380. The molecule has 2 aromatic rings. The molecule has 0 aromatic heterocycles. The van der Waals surface area contributed by atoms with Gasteiger partial charge < -0.3 is 20.4 Å². The standard InChI is InChI=1S/C8H6O4.C6H6O2/c9-7(10)5-3-1-2-4-6(5)8(11)12;7-5-3-1-2-4-6(5)8/h1-4H,(H,9,10)(H,11,12);1-4,7-8H. The van der Waals surface area contributed by atoms with Crippen LogP contribution in [0.3, 0.4) is 0 Å². The van der Waals surface area contributed by atoms with Gasteiger partial charge in [0.25, 0.3) is 0 Å². The molecule has 0 aliphatic rings. The second kappa shape index (κ2) is 6.79. The number of para-hydroxylation sites is 2. The summed E-state index contributed by atoms with van der Waals surface area (Å²) in [6.45, 7) is 0. The van der Waals surface area contributed by atoms with Crippen LogP contribution >= 0.6 is 0 Å². The number of hydrogen-bond donors (Lipinski definition) is 4. The lowest BCUT2D eigenvalue weighted by Crippen LogP contribution is -2.06. The molecule has 2 rings (SSSR count). The Kier molecular flexibility index (Phi) is 5.11. The number of aromatic carboxylic acids is 2. The maximum atomic E-state index is 10.5. The van der Waals surface area contributed by atoms with Gasteiger partial charge in [0, 0.05) is 0 Å². The van der Waals surface area contributed by atoms with Crippen molar-refractivity contribution in [1.82, 2.24) is 0 Å². The second-order valence-electron chi connectivity index (χ2n) is 3.64. The van der Waals surface area contributed by atoms with Crippen molar-refractivity contribution in [1.29, 1.82) is 0 Å². The quantitative estimate of drug-likeness (QED) is 0.625. The first kappa shape index (κ1) is 15.0.